The predicted octanol–water partition coefficient (Wildman–Crippen LogP) is 2.28. The van der Waals surface area contributed by atoms with E-state index in [4.69, 9.17) is 0 Å². The van der Waals surface area contributed by atoms with Crippen LogP contribution in [0.2, 0.25) is 0 Å². The Labute approximate surface area is 74.7 Å². The summed E-state index contributed by atoms with van der Waals surface area (Å²) in [5.41, 5.74) is 0. The Balaban J connectivity index is 3.75. The smallest absolute Gasteiger partial charge is 0.409 e. The van der Waals surface area contributed by atoms with E-state index in [-0.39, 0.29) is 6.09 Å². The lowest BCUT2D eigenvalue weighted by Crippen LogP contribution is -2.31. The molecule has 0 saturated heterocycles. The monoisotopic (exact) mass is 172 g/mol. The van der Waals surface area contributed by atoms with Gasteiger partial charge < -0.3 is 9.64 Å². The number of carbonyl (C=O) groups excluding carboxylic acids is 1. The van der Waals surface area contributed by atoms with Gasteiger partial charge in [0.2, 0.25) is 0 Å². The molecule has 0 saturated carbocycles. The van der Waals surface area contributed by atoms with Crippen LogP contribution in [0.25, 0.3) is 0 Å². The number of amides is 1. The van der Waals surface area contributed by atoms with Crippen LogP contribution >= 0.6 is 0 Å². The Morgan fingerprint density at radius 1 is 1.58 bits per heavy atom. The molecule has 0 bridgehead atoms. The van der Waals surface area contributed by atoms with E-state index in [0.717, 1.165) is 13.0 Å². The summed E-state index contributed by atoms with van der Waals surface area (Å²) in [7, 11) is 3.09. The van der Waals surface area contributed by atoms with Gasteiger partial charge >= 0.3 is 6.09 Å². The third-order valence-electron chi connectivity index (χ3n) is 1.74. The molecule has 0 aromatic rings. The van der Waals surface area contributed by atoms with Crippen LogP contribution in [-0.2, 0) is 4.74 Å². The number of hydrogen-bond acceptors (Lipinski definition) is 2. The van der Waals surface area contributed by atoms with Gasteiger partial charge in [-0.2, -0.15) is 0 Å². The number of hydrogen-bond donors (Lipinski definition) is 0. The van der Waals surface area contributed by atoms with E-state index >= 15 is 0 Å². The molecule has 0 heterocycles. The van der Waals surface area contributed by atoms with E-state index in [0.29, 0.717) is 12.5 Å². The van der Waals surface area contributed by atoms with Crippen molar-refractivity contribution in [1.82, 2.24) is 4.90 Å². The summed E-state index contributed by atoms with van der Waals surface area (Å²) in [6, 6.07) is 0. The topological polar surface area (TPSA) is 29.5 Å². The third kappa shape index (κ3) is 4.21. The summed E-state index contributed by atoms with van der Waals surface area (Å²) < 4.78 is 4.37. The average Bonchev–Trinajstić information content (AvgIpc) is 2.04. The van der Waals surface area contributed by atoms with Crippen LogP contribution in [0.3, 0.4) is 0 Å². The number of rotatable bonds is 4. The van der Waals surface area contributed by atoms with Gasteiger partial charge in [0.25, 0.3) is 0 Å². The van der Waals surface area contributed by atoms with Gasteiger partial charge in [-0.3, -0.25) is 0 Å². The van der Waals surface area contributed by atoms with Gasteiger partial charge in [0.05, 0.1) is 0 Å². The van der Waals surface area contributed by atoms with Crippen molar-refractivity contribution >= 4 is 6.09 Å². The first-order chi connectivity index (χ1) is 5.61. The molecule has 0 N–H and O–H groups in total. The molecule has 3 nitrogen and oxygen atoms in total. The molecule has 0 unspecified atom stereocenters. The van der Waals surface area contributed by atoms with Crippen molar-refractivity contribution in [2.45, 2.75) is 27.2 Å². The molecule has 0 spiro atoms. The Hall–Kier alpha value is -0.730. The zero-order valence-corrected chi connectivity index (χ0v) is 8.17. The van der Waals surface area contributed by atoms with E-state index in [1.807, 2.05) is 6.92 Å². The van der Waals surface area contributed by atoms with Crippen LogP contribution in [0.5, 0.6) is 0 Å². The third-order valence-corrected chi connectivity index (χ3v) is 1.74. The highest BCUT2D eigenvalue weighted by Gasteiger charge is 2.10. The average molecular weight is 172 g/mol. The van der Waals surface area contributed by atoms with Crippen LogP contribution in [0, 0.1) is 13.0 Å². The highest BCUT2D eigenvalue weighted by atomic mass is 16.5. The molecule has 0 aromatic heterocycles. The van der Waals surface area contributed by atoms with Crippen molar-refractivity contribution in [2.75, 3.05) is 13.1 Å². The van der Waals surface area contributed by atoms with Crippen molar-refractivity contribution in [3.8, 4) is 0 Å². The van der Waals surface area contributed by atoms with Gasteiger partial charge in [0.1, 0.15) is 7.11 Å². The Morgan fingerprint density at radius 3 is 2.50 bits per heavy atom. The fourth-order valence-electron chi connectivity index (χ4n) is 0.884. The quantitative estimate of drug-likeness (QED) is 0.651. The number of ether oxygens (including phenoxy) is 1. The van der Waals surface area contributed by atoms with Crippen LogP contribution in [0.4, 0.5) is 4.79 Å². The molecule has 0 rings (SSSR count). The summed E-state index contributed by atoms with van der Waals surface area (Å²) in [6.45, 7) is 7.62. The fourth-order valence-corrected chi connectivity index (χ4v) is 0.884. The molecule has 0 atom stereocenters. The predicted molar refractivity (Wildman–Crippen MR) is 48.5 cm³/mol. The zero-order valence-electron chi connectivity index (χ0n) is 8.17. The maximum Gasteiger partial charge on any atom is 0.409 e. The van der Waals surface area contributed by atoms with Gasteiger partial charge in [-0.15, -0.1) is 0 Å². The normalized spacial score (nSPS) is 10.1. The maximum atomic E-state index is 11.0. The first-order valence-electron chi connectivity index (χ1n) is 4.32. The van der Waals surface area contributed by atoms with Crippen molar-refractivity contribution in [2.24, 2.45) is 5.92 Å². The van der Waals surface area contributed by atoms with Crippen LogP contribution in [-0.4, -0.2) is 24.1 Å². The van der Waals surface area contributed by atoms with E-state index in [9.17, 15) is 4.79 Å². The summed E-state index contributed by atoms with van der Waals surface area (Å²) in [5, 5.41) is 0. The first-order valence-corrected chi connectivity index (χ1v) is 4.32. The summed E-state index contributed by atoms with van der Waals surface area (Å²) >= 11 is 0. The molecule has 0 fully saturated rings. The van der Waals surface area contributed by atoms with Gasteiger partial charge in [0, 0.05) is 13.1 Å². The molecule has 0 aliphatic heterocycles. The lowest BCUT2D eigenvalue weighted by Gasteiger charge is -2.19. The Kier molecular flexibility index (Phi) is 5.51. The van der Waals surface area contributed by atoms with E-state index in [2.05, 4.69) is 25.7 Å². The second-order valence-electron chi connectivity index (χ2n) is 3.17. The van der Waals surface area contributed by atoms with Crippen LogP contribution in [0.1, 0.15) is 27.2 Å². The molecule has 0 aliphatic rings. The molecule has 1 radical (unpaired) electrons. The van der Waals surface area contributed by atoms with Crippen molar-refractivity contribution in [3.63, 3.8) is 0 Å². The first kappa shape index (κ1) is 11.3. The molecule has 12 heavy (non-hydrogen) atoms. The summed E-state index contributed by atoms with van der Waals surface area (Å²) in [6.07, 6.45) is 0.668. The standard InChI is InChI=1S/C9H18NO2/c1-5-10(9(11)12-4)7-6-8(2)3/h8H,4-7H2,1-3H3. The highest BCUT2D eigenvalue weighted by molar-refractivity contribution is 5.67. The van der Waals surface area contributed by atoms with E-state index in [1.54, 1.807) is 4.90 Å². The van der Waals surface area contributed by atoms with Gasteiger partial charge in [0.15, 0.2) is 0 Å². The summed E-state index contributed by atoms with van der Waals surface area (Å²) in [4.78, 5) is 12.6. The Morgan fingerprint density at radius 2 is 2.17 bits per heavy atom. The molecular weight excluding hydrogens is 154 g/mol. The van der Waals surface area contributed by atoms with E-state index < -0.39 is 0 Å². The van der Waals surface area contributed by atoms with E-state index in [1.165, 1.54) is 0 Å². The fraction of sp³-hybridized carbons (Fsp3) is 0.778. The van der Waals surface area contributed by atoms with Crippen molar-refractivity contribution < 1.29 is 9.53 Å². The molecule has 0 aromatic carbocycles. The van der Waals surface area contributed by atoms with Crippen molar-refractivity contribution in [1.29, 1.82) is 0 Å². The second-order valence-corrected chi connectivity index (χ2v) is 3.17. The van der Waals surface area contributed by atoms with Crippen LogP contribution in [0.15, 0.2) is 0 Å². The van der Waals surface area contributed by atoms with Crippen LogP contribution < -0.4 is 0 Å². The maximum absolute atomic E-state index is 11.0. The minimum atomic E-state index is -0.335. The molecule has 1 amide bonds. The van der Waals surface area contributed by atoms with Gasteiger partial charge in [-0.25, -0.2) is 4.79 Å². The minimum Gasteiger partial charge on any atom is -0.446 e. The lowest BCUT2D eigenvalue weighted by atomic mass is 10.1. The van der Waals surface area contributed by atoms with Gasteiger partial charge in [-0.1, -0.05) is 13.8 Å². The van der Waals surface area contributed by atoms with Gasteiger partial charge in [-0.05, 0) is 19.3 Å². The molecule has 3 heteroatoms. The minimum absolute atomic E-state index is 0.335. The molecule has 0 aliphatic carbocycles. The molecule has 71 valence electrons. The van der Waals surface area contributed by atoms with Crippen molar-refractivity contribution in [3.05, 3.63) is 7.11 Å². The largest absolute Gasteiger partial charge is 0.446 e. The Bertz CT molecular complexity index is 134. The SMILES string of the molecule is [CH2]OC(=O)N(CC)CCC(C)C. The molecular formula is C9H18NO2. The second kappa shape index (κ2) is 5.86. The zero-order chi connectivity index (χ0) is 9.56. The number of carbonyl (C=O) groups is 1. The summed E-state index contributed by atoms with van der Waals surface area (Å²) in [5.74, 6) is 0.608. The number of nitrogens with zero attached hydrogens (tertiary/aromatic N) is 1. The highest BCUT2D eigenvalue weighted by Crippen LogP contribution is 2.02. The lowest BCUT2D eigenvalue weighted by molar-refractivity contribution is 0.135.